The van der Waals surface area contributed by atoms with Crippen LogP contribution in [0.1, 0.15) is 11.1 Å². The molecular formula is C34H14F6N4S. The van der Waals surface area contributed by atoms with Crippen LogP contribution in [0.15, 0.2) is 94.9 Å². The summed E-state index contributed by atoms with van der Waals surface area (Å²) in [7, 11) is 0. The van der Waals surface area contributed by atoms with Crippen molar-refractivity contribution >= 4 is 53.1 Å². The van der Waals surface area contributed by atoms with Gasteiger partial charge in [-0.1, -0.05) is 48.5 Å². The third kappa shape index (κ3) is 4.52. The molecule has 7 aromatic rings. The van der Waals surface area contributed by atoms with Gasteiger partial charge in [0.25, 0.3) is 0 Å². The van der Waals surface area contributed by atoms with Gasteiger partial charge < -0.3 is 0 Å². The highest BCUT2D eigenvalue weighted by atomic mass is 32.1. The Bertz CT molecular complexity index is 2370. The summed E-state index contributed by atoms with van der Waals surface area (Å²) >= 11 is 1.27. The Balaban J connectivity index is 1.50. The Labute approximate surface area is 253 Å². The Morgan fingerprint density at radius 2 is 0.911 bits per heavy atom. The number of nitrogens with zero attached hydrogens (tertiary/aromatic N) is 4. The van der Waals surface area contributed by atoms with Crippen molar-refractivity contribution in [3.63, 3.8) is 0 Å². The summed E-state index contributed by atoms with van der Waals surface area (Å²) in [6, 6.07) is 20.3. The highest BCUT2D eigenvalue weighted by Crippen LogP contribution is 2.43. The third-order valence-electron chi connectivity index (χ3n) is 7.80. The number of hydrogen-bond acceptors (Lipinski definition) is 5. The molecule has 0 atom stereocenters. The molecule has 4 nitrogen and oxygen atoms in total. The van der Waals surface area contributed by atoms with Crippen molar-refractivity contribution in [2.45, 2.75) is 12.4 Å². The lowest BCUT2D eigenvalue weighted by atomic mass is 9.99. The van der Waals surface area contributed by atoms with Gasteiger partial charge in [0, 0.05) is 21.5 Å². The van der Waals surface area contributed by atoms with Gasteiger partial charge in [0.05, 0.1) is 20.5 Å². The number of alkyl halides is 6. The minimum atomic E-state index is -4.51. The van der Waals surface area contributed by atoms with E-state index in [1.807, 2.05) is 12.4 Å². The number of fused-ring (bicyclic) bond motifs is 7. The lowest BCUT2D eigenvalue weighted by Crippen LogP contribution is -2.04. The Morgan fingerprint density at radius 1 is 0.511 bits per heavy atom. The molecule has 0 saturated heterocycles. The molecule has 45 heavy (non-hydrogen) atoms. The van der Waals surface area contributed by atoms with E-state index in [1.54, 1.807) is 48.5 Å². The van der Waals surface area contributed by atoms with E-state index < -0.39 is 23.5 Å². The fourth-order valence-corrected chi connectivity index (χ4v) is 7.21. The molecule has 0 aliphatic rings. The summed E-state index contributed by atoms with van der Waals surface area (Å²) in [4.78, 5) is 8.15. The van der Waals surface area contributed by atoms with Gasteiger partial charge in [-0.3, -0.25) is 0 Å². The van der Waals surface area contributed by atoms with Crippen LogP contribution >= 0.6 is 11.3 Å². The largest absolute Gasteiger partial charge is 0.416 e. The van der Waals surface area contributed by atoms with Crippen molar-refractivity contribution in [3.8, 4) is 34.6 Å². The van der Waals surface area contributed by atoms with Crippen LogP contribution in [-0.4, -0.2) is 0 Å². The zero-order chi connectivity index (χ0) is 31.7. The van der Waals surface area contributed by atoms with Crippen LogP contribution in [0.3, 0.4) is 0 Å². The first-order chi connectivity index (χ1) is 21.5. The van der Waals surface area contributed by atoms with E-state index in [0.717, 1.165) is 35.0 Å². The molecule has 0 aliphatic carbocycles. The quantitative estimate of drug-likeness (QED) is 0.142. The molecule has 7 rings (SSSR count). The second-order valence-electron chi connectivity index (χ2n) is 10.3. The van der Waals surface area contributed by atoms with Gasteiger partial charge in [-0.05, 0) is 69.4 Å². The predicted octanol–water partition coefficient (Wildman–Crippen LogP) is 9.37. The molecule has 0 bridgehead atoms. The van der Waals surface area contributed by atoms with Gasteiger partial charge in [0.1, 0.15) is 10.7 Å². The number of nitriles is 2. The van der Waals surface area contributed by atoms with Crippen LogP contribution < -0.4 is 10.7 Å². The van der Waals surface area contributed by atoms with Crippen LogP contribution in [0.2, 0.25) is 0 Å². The minimum Gasteiger partial charge on any atom is -0.172 e. The molecule has 1 aromatic heterocycles. The zero-order valence-corrected chi connectivity index (χ0v) is 23.4. The summed E-state index contributed by atoms with van der Waals surface area (Å²) in [5.74, 6) is 0. The second kappa shape index (κ2) is 10.0. The van der Waals surface area contributed by atoms with E-state index >= 15 is 0 Å². The number of halogens is 6. The van der Waals surface area contributed by atoms with Gasteiger partial charge in [-0.25, -0.2) is 0 Å². The topological polar surface area (TPSA) is 72.3 Å². The number of thiophene rings is 1. The molecule has 0 spiro atoms. The molecule has 0 unspecified atom stereocenters. The third-order valence-corrected chi connectivity index (χ3v) is 9.00. The maximum atomic E-state index is 13.4. The molecule has 0 N–H and O–H groups in total. The number of benzene rings is 4. The molecule has 0 fully saturated rings. The van der Waals surface area contributed by atoms with Gasteiger partial charge in [-0.2, -0.15) is 46.9 Å². The lowest BCUT2D eigenvalue weighted by Gasteiger charge is -2.09. The van der Waals surface area contributed by atoms with Crippen molar-refractivity contribution in [2.24, 2.45) is 9.98 Å². The number of hydrogen-bond donors (Lipinski definition) is 0. The monoisotopic (exact) mass is 624 g/mol. The number of rotatable bonds is 2. The van der Waals surface area contributed by atoms with Crippen LogP contribution in [0.4, 0.5) is 26.3 Å². The fraction of sp³-hybridized carbons (Fsp3) is 0.0588. The van der Waals surface area contributed by atoms with E-state index in [1.165, 1.54) is 23.5 Å². The molecule has 0 radical (unpaired) electrons. The molecule has 218 valence electrons. The van der Waals surface area contributed by atoms with Crippen molar-refractivity contribution in [2.75, 3.05) is 0 Å². The summed E-state index contributed by atoms with van der Waals surface area (Å²) in [5.41, 5.74) is 0.147. The van der Waals surface area contributed by atoms with E-state index in [4.69, 9.17) is 0 Å². The van der Waals surface area contributed by atoms with Crippen molar-refractivity contribution in [1.82, 2.24) is 0 Å². The van der Waals surface area contributed by atoms with E-state index in [0.29, 0.717) is 63.9 Å². The summed E-state index contributed by atoms with van der Waals surface area (Å²) in [6.07, 6.45) is -5.38. The van der Waals surface area contributed by atoms with E-state index in [9.17, 15) is 36.9 Å². The average molecular weight is 625 g/mol. The molecule has 0 saturated carbocycles. The normalized spacial score (nSPS) is 13.3. The highest BCUT2D eigenvalue weighted by molar-refractivity contribution is 7.26. The smallest absolute Gasteiger partial charge is 0.172 e. The van der Waals surface area contributed by atoms with E-state index in [-0.39, 0.29) is 0 Å². The SMILES string of the molecule is N#CN=c1c2cc(-c3cccc(C(F)(F)F)c3)ccc2c2c1sc1c(=NC#N)c3cc(-c4cccc(C(F)(F)F)c4)ccc3c12. The summed E-state index contributed by atoms with van der Waals surface area (Å²) < 4.78 is 81.7. The van der Waals surface area contributed by atoms with Crippen LogP contribution in [0.5, 0.6) is 0 Å². The Morgan fingerprint density at radius 3 is 1.29 bits per heavy atom. The molecule has 1 heterocycles. The summed E-state index contributed by atoms with van der Waals surface area (Å²) in [5, 5.41) is 23.8. The molecule has 6 aromatic carbocycles. The lowest BCUT2D eigenvalue weighted by molar-refractivity contribution is -0.138. The van der Waals surface area contributed by atoms with Crippen molar-refractivity contribution < 1.29 is 26.3 Å². The molecule has 11 heteroatoms. The van der Waals surface area contributed by atoms with Crippen molar-refractivity contribution in [1.29, 1.82) is 10.5 Å². The van der Waals surface area contributed by atoms with Crippen LogP contribution in [0, 0.1) is 22.9 Å². The molecule has 0 amide bonds. The average Bonchev–Trinajstić information content (AvgIpc) is 3.63. The molecule has 0 aliphatic heterocycles. The zero-order valence-electron chi connectivity index (χ0n) is 22.5. The van der Waals surface area contributed by atoms with Crippen LogP contribution in [0.25, 0.3) is 64.0 Å². The standard InChI is InChI=1S/C34H14F6N4S/c35-33(36,37)21-5-1-3-17(11-21)19-7-9-23-25(13-19)29(43-15-41)31-27(23)28-24-10-8-20(14-26(24)30(44-16-42)32(28)45-31)18-4-2-6-22(12-18)34(38,39)40/h1-14H. The predicted molar refractivity (Wildman–Crippen MR) is 160 cm³/mol. The minimum absolute atomic E-state index is 0.348. The second-order valence-corrected chi connectivity index (χ2v) is 11.3. The first kappa shape index (κ1) is 28.3. The van der Waals surface area contributed by atoms with Gasteiger partial charge >= 0.3 is 12.4 Å². The van der Waals surface area contributed by atoms with E-state index in [2.05, 4.69) is 9.98 Å². The van der Waals surface area contributed by atoms with Crippen LogP contribution in [-0.2, 0) is 12.4 Å². The summed E-state index contributed by atoms with van der Waals surface area (Å²) in [6.45, 7) is 0. The van der Waals surface area contributed by atoms with Gasteiger partial charge in [0.2, 0.25) is 12.4 Å². The Hall–Kier alpha value is -5.52. The fourth-order valence-electron chi connectivity index (χ4n) is 5.87. The van der Waals surface area contributed by atoms with Crippen molar-refractivity contribution in [3.05, 3.63) is 107 Å². The van der Waals surface area contributed by atoms with Gasteiger partial charge in [0.15, 0.2) is 0 Å². The van der Waals surface area contributed by atoms with Gasteiger partial charge in [-0.15, -0.1) is 11.3 Å². The first-order valence-electron chi connectivity index (χ1n) is 13.3. The maximum absolute atomic E-state index is 13.4. The highest BCUT2D eigenvalue weighted by Gasteiger charge is 2.31. The first-order valence-corrected chi connectivity index (χ1v) is 14.1. The molecular weight excluding hydrogens is 610 g/mol. The Kier molecular flexibility index (Phi) is 6.29. The maximum Gasteiger partial charge on any atom is 0.416 e.